The van der Waals surface area contributed by atoms with Gasteiger partial charge >= 0.3 is 10.2 Å². The van der Waals surface area contributed by atoms with Gasteiger partial charge in [0.15, 0.2) is 0 Å². The predicted molar refractivity (Wildman–Crippen MR) is 55.0 cm³/mol. The fourth-order valence-corrected chi connectivity index (χ4v) is 1.42. The van der Waals surface area contributed by atoms with E-state index in [-0.39, 0.29) is 6.61 Å². The molecule has 0 spiro atoms. The highest BCUT2D eigenvalue weighted by atomic mass is 32.3. The quantitative estimate of drug-likeness (QED) is 0.588. The zero-order chi connectivity index (χ0) is 11.5. The van der Waals surface area contributed by atoms with Crippen molar-refractivity contribution >= 4 is 10.2 Å². The summed E-state index contributed by atoms with van der Waals surface area (Å²) in [5.74, 6) is 0.303. The van der Waals surface area contributed by atoms with Crippen molar-refractivity contribution in [2.24, 2.45) is 0 Å². The highest BCUT2D eigenvalue weighted by Crippen LogP contribution is 2.19. The number of rotatable bonds is 4. The smallest absolute Gasteiger partial charge is 0.332 e. The fourth-order valence-electron chi connectivity index (χ4n) is 0.922. The normalized spacial score (nSPS) is 11.1. The lowest BCUT2D eigenvalue weighted by Crippen LogP contribution is -1.99. The maximum atomic E-state index is 12.6. The first kappa shape index (κ1) is 11.7. The molecule has 15 heavy (non-hydrogen) atoms. The summed E-state index contributed by atoms with van der Waals surface area (Å²) in [7, 11) is -4.67. The van der Waals surface area contributed by atoms with Gasteiger partial charge in [-0.3, -0.25) is 0 Å². The van der Waals surface area contributed by atoms with Crippen LogP contribution in [0.2, 0.25) is 0 Å². The van der Waals surface area contributed by atoms with Gasteiger partial charge in [0.25, 0.3) is 0 Å². The van der Waals surface area contributed by atoms with Crippen LogP contribution >= 0.6 is 0 Å². The van der Waals surface area contributed by atoms with Crippen molar-refractivity contribution in [3.05, 3.63) is 36.4 Å². The Morgan fingerprint density at radius 2 is 2.20 bits per heavy atom. The summed E-state index contributed by atoms with van der Waals surface area (Å²) in [4.78, 5) is -0.401. The molecule has 0 aromatic heterocycles. The lowest BCUT2D eigenvalue weighted by atomic mass is 10.3. The van der Waals surface area contributed by atoms with Gasteiger partial charge in [0, 0.05) is 6.07 Å². The topological polar surface area (TPSA) is 43.4 Å². The predicted octanol–water partition coefficient (Wildman–Crippen LogP) is 2.30. The minimum absolute atomic E-state index is 0.274. The highest BCUT2D eigenvalue weighted by Gasteiger charge is 2.12. The number of benzene rings is 1. The molecule has 0 saturated heterocycles. The molecule has 0 unspecified atom stereocenters. The van der Waals surface area contributed by atoms with Gasteiger partial charge in [0.05, 0.1) is 0 Å². The van der Waals surface area contributed by atoms with Crippen LogP contribution in [0.4, 0.5) is 3.89 Å². The molecule has 0 amide bonds. The molecular formula is C10H11FO3S. The van der Waals surface area contributed by atoms with Gasteiger partial charge in [0.1, 0.15) is 17.3 Å². The first-order valence-electron chi connectivity index (χ1n) is 4.21. The van der Waals surface area contributed by atoms with Crippen LogP contribution in [-0.4, -0.2) is 15.0 Å². The van der Waals surface area contributed by atoms with Crippen LogP contribution in [0.5, 0.6) is 5.75 Å². The second kappa shape index (κ2) is 4.44. The van der Waals surface area contributed by atoms with Crippen molar-refractivity contribution in [2.45, 2.75) is 11.8 Å². The van der Waals surface area contributed by atoms with E-state index in [0.29, 0.717) is 5.75 Å². The maximum Gasteiger partial charge on any atom is 0.332 e. The van der Waals surface area contributed by atoms with Crippen molar-refractivity contribution in [3.8, 4) is 5.75 Å². The SMILES string of the molecule is C=C(C)COc1cccc(S(=O)(=O)F)c1. The summed E-state index contributed by atoms with van der Waals surface area (Å²) in [6.07, 6.45) is 0. The van der Waals surface area contributed by atoms with Gasteiger partial charge in [-0.1, -0.05) is 12.6 Å². The average molecular weight is 230 g/mol. The van der Waals surface area contributed by atoms with Gasteiger partial charge in [-0.15, -0.1) is 3.89 Å². The molecule has 1 rings (SSSR count). The molecule has 0 atom stereocenters. The Morgan fingerprint density at radius 3 is 2.73 bits per heavy atom. The molecule has 0 N–H and O–H groups in total. The molecule has 82 valence electrons. The van der Waals surface area contributed by atoms with E-state index in [0.717, 1.165) is 11.6 Å². The van der Waals surface area contributed by atoms with Crippen LogP contribution in [0, 0.1) is 0 Å². The molecule has 0 aliphatic heterocycles. The Kier molecular flexibility index (Phi) is 3.47. The van der Waals surface area contributed by atoms with Crippen LogP contribution in [0.3, 0.4) is 0 Å². The summed E-state index contributed by atoms with van der Waals surface area (Å²) in [5.41, 5.74) is 0.795. The van der Waals surface area contributed by atoms with Crippen molar-refractivity contribution < 1.29 is 17.0 Å². The van der Waals surface area contributed by atoms with Crippen LogP contribution < -0.4 is 4.74 Å². The fraction of sp³-hybridized carbons (Fsp3) is 0.200. The number of halogens is 1. The summed E-state index contributed by atoms with van der Waals surface area (Å²) in [6.45, 7) is 5.67. The minimum atomic E-state index is -4.67. The zero-order valence-electron chi connectivity index (χ0n) is 8.23. The van der Waals surface area contributed by atoms with Gasteiger partial charge in [0.2, 0.25) is 0 Å². The lowest BCUT2D eigenvalue weighted by Gasteiger charge is -2.05. The molecule has 0 fully saturated rings. The van der Waals surface area contributed by atoms with Crippen LogP contribution in [0.25, 0.3) is 0 Å². The highest BCUT2D eigenvalue weighted by molar-refractivity contribution is 7.86. The molecule has 0 radical (unpaired) electrons. The summed E-state index contributed by atoms with van der Waals surface area (Å²) < 4.78 is 38.9. The van der Waals surface area contributed by atoms with E-state index in [1.807, 2.05) is 0 Å². The minimum Gasteiger partial charge on any atom is -0.489 e. The van der Waals surface area contributed by atoms with Gasteiger partial charge in [-0.05, 0) is 24.6 Å². The molecule has 0 aliphatic rings. The lowest BCUT2D eigenvalue weighted by molar-refractivity contribution is 0.351. The Morgan fingerprint density at radius 1 is 1.53 bits per heavy atom. The van der Waals surface area contributed by atoms with Gasteiger partial charge in [-0.25, -0.2) is 0 Å². The van der Waals surface area contributed by atoms with Gasteiger partial charge in [-0.2, -0.15) is 8.42 Å². The van der Waals surface area contributed by atoms with Crippen LogP contribution in [0.1, 0.15) is 6.92 Å². The average Bonchev–Trinajstić information content (AvgIpc) is 2.14. The third-order valence-corrected chi connectivity index (χ3v) is 2.39. The molecule has 0 bridgehead atoms. The molecule has 1 aromatic rings. The first-order valence-corrected chi connectivity index (χ1v) is 5.60. The van der Waals surface area contributed by atoms with Gasteiger partial charge < -0.3 is 4.74 Å². The van der Waals surface area contributed by atoms with E-state index < -0.39 is 15.1 Å². The molecule has 5 heteroatoms. The van der Waals surface area contributed by atoms with E-state index in [9.17, 15) is 12.3 Å². The molecular weight excluding hydrogens is 219 g/mol. The largest absolute Gasteiger partial charge is 0.489 e. The van der Waals surface area contributed by atoms with Crippen LogP contribution in [0.15, 0.2) is 41.3 Å². The van der Waals surface area contributed by atoms with E-state index >= 15 is 0 Å². The van der Waals surface area contributed by atoms with E-state index in [4.69, 9.17) is 4.74 Å². The Balaban J connectivity index is 2.89. The number of ether oxygens (including phenoxy) is 1. The summed E-state index contributed by atoms with van der Waals surface area (Å²) >= 11 is 0. The van der Waals surface area contributed by atoms with E-state index in [2.05, 4.69) is 6.58 Å². The van der Waals surface area contributed by atoms with Crippen molar-refractivity contribution in [1.29, 1.82) is 0 Å². The number of hydrogen-bond acceptors (Lipinski definition) is 3. The Labute approximate surface area is 88.4 Å². The first-order chi connectivity index (χ1) is 6.89. The monoisotopic (exact) mass is 230 g/mol. The van der Waals surface area contributed by atoms with E-state index in [1.54, 1.807) is 13.0 Å². The summed E-state index contributed by atoms with van der Waals surface area (Å²) in [6, 6.07) is 5.28. The van der Waals surface area contributed by atoms with Crippen molar-refractivity contribution in [2.75, 3.05) is 6.61 Å². The maximum absolute atomic E-state index is 12.6. The third-order valence-electron chi connectivity index (χ3n) is 1.57. The van der Waals surface area contributed by atoms with Crippen molar-refractivity contribution in [1.82, 2.24) is 0 Å². The molecule has 0 saturated carbocycles. The molecule has 1 aromatic carbocycles. The second-order valence-corrected chi connectivity index (χ2v) is 4.51. The molecule has 3 nitrogen and oxygen atoms in total. The zero-order valence-corrected chi connectivity index (χ0v) is 9.05. The van der Waals surface area contributed by atoms with Crippen molar-refractivity contribution in [3.63, 3.8) is 0 Å². The van der Waals surface area contributed by atoms with Crippen LogP contribution in [-0.2, 0) is 10.2 Å². The standard InChI is InChI=1S/C10H11FO3S/c1-8(2)7-14-9-4-3-5-10(6-9)15(11,12)13/h3-6H,1,7H2,2H3. The second-order valence-electron chi connectivity index (χ2n) is 3.16. The Bertz CT molecular complexity index is 465. The summed E-state index contributed by atoms with van der Waals surface area (Å²) in [5, 5.41) is 0. The third kappa shape index (κ3) is 3.71. The van der Waals surface area contributed by atoms with E-state index in [1.165, 1.54) is 12.1 Å². The Hall–Kier alpha value is -1.36. The molecule has 0 heterocycles. The molecule has 0 aliphatic carbocycles. The number of hydrogen-bond donors (Lipinski definition) is 0.